The Morgan fingerprint density at radius 2 is 2.05 bits per heavy atom. The van der Waals surface area contributed by atoms with Gasteiger partial charge in [-0.1, -0.05) is 52.0 Å². The summed E-state index contributed by atoms with van der Waals surface area (Å²) in [5.41, 5.74) is 0.908. The van der Waals surface area contributed by atoms with Gasteiger partial charge in [0.25, 0.3) is 5.91 Å². The molecule has 1 atom stereocenters. The van der Waals surface area contributed by atoms with Gasteiger partial charge in [0.1, 0.15) is 5.82 Å². The third kappa shape index (κ3) is 3.51. The van der Waals surface area contributed by atoms with E-state index in [1.165, 1.54) is 17.8 Å². The van der Waals surface area contributed by atoms with Crippen LogP contribution in [0.15, 0.2) is 57.9 Å². The van der Waals surface area contributed by atoms with Gasteiger partial charge < -0.3 is 10.6 Å². The van der Waals surface area contributed by atoms with Gasteiger partial charge in [-0.05, 0) is 35.9 Å². The minimum atomic E-state index is -0.386. The van der Waals surface area contributed by atoms with E-state index in [1.807, 2.05) is 30.3 Å². The summed E-state index contributed by atoms with van der Waals surface area (Å²) in [4.78, 5) is 12.6. The molecule has 0 radical (unpaired) electrons. The SMILES string of the molecule is O=C1NC(Nc2ccccc2F)S/C1=C\c1cccc(Br)c1. The Hall–Kier alpha value is -1.79. The van der Waals surface area contributed by atoms with E-state index < -0.39 is 0 Å². The topological polar surface area (TPSA) is 41.1 Å². The summed E-state index contributed by atoms with van der Waals surface area (Å²) in [6.07, 6.45) is 1.81. The molecule has 112 valence electrons. The summed E-state index contributed by atoms with van der Waals surface area (Å²) in [5.74, 6) is -0.513. The van der Waals surface area contributed by atoms with Crippen LogP contribution in [0.25, 0.3) is 6.08 Å². The van der Waals surface area contributed by atoms with Crippen molar-refractivity contribution in [1.29, 1.82) is 0 Å². The Morgan fingerprint density at radius 3 is 2.82 bits per heavy atom. The van der Waals surface area contributed by atoms with Crippen molar-refractivity contribution < 1.29 is 9.18 Å². The summed E-state index contributed by atoms with van der Waals surface area (Å²) >= 11 is 4.73. The van der Waals surface area contributed by atoms with Gasteiger partial charge in [-0.3, -0.25) is 4.79 Å². The molecule has 1 amide bonds. The number of halogens is 2. The van der Waals surface area contributed by atoms with Gasteiger partial charge in [0, 0.05) is 4.47 Å². The number of hydrogen-bond donors (Lipinski definition) is 2. The molecule has 1 unspecified atom stereocenters. The van der Waals surface area contributed by atoms with Crippen LogP contribution in [0.1, 0.15) is 5.56 Å². The number of rotatable bonds is 3. The number of para-hydroxylation sites is 1. The highest BCUT2D eigenvalue weighted by molar-refractivity contribution is 9.10. The van der Waals surface area contributed by atoms with E-state index in [4.69, 9.17) is 0 Å². The zero-order valence-electron chi connectivity index (χ0n) is 11.3. The molecule has 3 nitrogen and oxygen atoms in total. The third-order valence-electron chi connectivity index (χ3n) is 3.04. The largest absolute Gasteiger partial charge is 0.354 e. The minimum Gasteiger partial charge on any atom is -0.354 e. The highest BCUT2D eigenvalue weighted by atomic mass is 79.9. The van der Waals surface area contributed by atoms with Gasteiger partial charge in [-0.2, -0.15) is 0 Å². The van der Waals surface area contributed by atoms with Crippen molar-refractivity contribution in [1.82, 2.24) is 5.32 Å². The molecule has 1 saturated heterocycles. The second kappa shape index (κ2) is 6.54. The molecular weight excluding hydrogens is 367 g/mol. The number of hydrogen-bond acceptors (Lipinski definition) is 3. The van der Waals surface area contributed by atoms with E-state index in [1.54, 1.807) is 18.2 Å². The fraction of sp³-hybridized carbons (Fsp3) is 0.0625. The quantitative estimate of drug-likeness (QED) is 0.786. The summed E-state index contributed by atoms with van der Waals surface area (Å²) in [6.45, 7) is 0. The Kier molecular flexibility index (Phi) is 4.49. The van der Waals surface area contributed by atoms with E-state index in [-0.39, 0.29) is 17.2 Å². The van der Waals surface area contributed by atoms with Crippen molar-refractivity contribution in [3.63, 3.8) is 0 Å². The molecule has 1 heterocycles. The molecule has 1 fully saturated rings. The van der Waals surface area contributed by atoms with E-state index >= 15 is 0 Å². The van der Waals surface area contributed by atoms with Crippen molar-refractivity contribution in [2.24, 2.45) is 0 Å². The predicted molar refractivity (Wildman–Crippen MR) is 91.7 cm³/mol. The lowest BCUT2D eigenvalue weighted by Gasteiger charge is -2.12. The lowest BCUT2D eigenvalue weighted by atomic mass is 10.2. The molecule has 0 spiro atoms. The van der Waals surface area contributed by atoms with Gasteiger partial charge in [0.2, 0.25) is 0 Å². The maximum atomic E-state index is 13.6. The number of nitrogens with one attached hydrogen (secondary N) is 2. The molecule has 0 saturated carbocycles. The van der Waals surface area contributed by atoms with Crippen LogP contribution in [-0.2, 0) is 4.79 Å². The minimum absolute atomic E-state index is 0.168. The smallest absolute Gasteiger partial charge is 0.260 e. The van der Waals surface area contributed by atoms with Gasteiger partial charge in [0.15, 0.2) is 5.50 Å². The Balaban J connectivity index is 1.75. The number of thioether (sulfide) groups is 1. The first-order valence-electron chi connectivity index (χ1n) is 6.58. The summed E-state index contributed by atoms with van der Waals surface area (Å²) in [5, 5.41) is 5.75. The van der Waals surface area contributed by atoms with Crippen LogP contribution in [0.5, 0.6) is 0 Å². The average Bonchev–Trinajstić information content (AvgIpc) is 2.81. The van der Waals surface area contributed by atoms with Gasteiger partial charge in [-0.25, -0.2) is 4.39 Å². The average molecular weight is 379 g/mol. The number of anilines is 1. The molecule has 0 bridgehead atoms. The highest BCUT2D eigenvalue weighted by Gasteiger charge is 2.27. The van der Waals surface area contributed by atoms with Crippen LogP contribution < -0.4 is 10.6 Å². The number of carbonyl (C=O) groups excluding carboxylic acids is 1. The Morgan fingerprint density at radius 1 is 1.23 bits per heavy atom. The number of carbonyl (C=O) groups is 1. The van der Waals surface area contributed by atoms with Crippen molar-refractivity contribution in [2.45, 2.75) is 5.50 Å². The molecule has 2 N–H and O–H groups in total. The zero-order chi connectivity index (χ0) is 15.5. The standard InChI is InChI=1S/C16H12BrFN2OS/c17-11-5-3-4-10(8-11)9-14-15(21)20-16(22-14)19-13-7-2-1-6-12(13)18/h1-9,16,19H,(H,20,21)/b14-9-. The third-order valence-corrected chi connectivity index (χ3v) is 4.56. The zero-order valence-corrected chi connectivity index (χ0v) is 13.7. The molecule has 1 aliphatic heterocycles. The first-order chi connectivity index (χ1) is 10.6. The van der Waals surface area contributed by atoms with Crippen LogP contribution in [0.4, 0.5) is 10.1 Å². The fourth-order valence-electron chi connectivity index (χ4n) is 2.03. The Bertz CT molecular complexity index is 750. The van der Waals surface area contributed by atoms with Crippen molar-refractivity contribution in [3.8, 4) is 0 Å². The summed E-state index contributed by atoms with van der Waals surface area (Å²) < 4.78 is 14.6. The van der Waals surface area contributed by atoms with Crippen LogP contribution in [0, 0.1) is 5.82 Å². The lowest BCUT2D eigenvalue weighted by Crippen LogP contribution is -2.31. The second-order valence-corrected chi connectivity index (χ2v) is 6.72. The van der Waals surface area contributed by atoms with E-state index in [0.29, 0.717) is 10.6 Å². The lowest BCUT2D eigenvalue weighted by molar-refractivity contribution is -0.116. The van der Waals surface area contributed by atoms with Gasteiger partial charge >= 0.3 is 0 Å². The van der Waals surface area contributed by atoms with Crippen LogP contribution in [0.2, 0.25) is 0 Å². The van der Waals surface area contributed by atoms with Crippen LogP contribution in [0.3, 0.4) is 0 Å². The molecule has 22 heavy (non-hydrogen) atoms. The number of amides is 1. The molecule has 2 aromatic rings. The van der Waals surface area contributed by atoms with Gasteiger partial charge in [-0.15, -0.1) is 0 Å². The molecule has 3 rings (SSSR count). The van der Waals surface area contributed by atoms with E-state index in [2.05, 4.69) is 26.6 Å². The maximum Gasteiger partial charge on any atom is 0.260 e. The summed E-state index contributed by atoms with van der Waals surface area (Å²) in [7, 11) is 0. The predicted octanol–water partition coefficient (Wildman–Crippen LogP) is 4.19. The molecule has 1 aliphatic rings. The second-order valence-electron chi connectivity index (χ2n) is 4.66. The highest BCUT2D eigenvalue weighted by Crippen LogP contribution is 2.31. The monoisotopic (exact) mass is 378 g/mol. The molecule has 2 aromatic carbocycles. The Labute approximate surface area is 140 Å². The van der Waals surface area contributed by atoms with E-state index in [0.717, 1.165) is 10.0 Å². The van der Waals surface area contributed by atoms with Crippen LogP contribution in [-0.4, -0.2) is 11.4 Å². The molecule has 0 aliphatic carbocycles. The molecular formula is C16H12BrFN2OS. The first-order valence-corrected chi connectivity index (χ1v) is 8.25. The first kappa shape index (κ1) is 15.1. The van der Waals surface area contributed by atoms with Crippen molar-refractivity contribution in [3.05, 3.63) is 69.3 Å². The van der Waals surface area contributed by atoms with Gasteiger partial charge in [0.05, 0.1) is 10.6 Å². The van der Waals surface area contributed by atoms with E-state index in [9.17, 15) is 9.18 Å². The molecule has 6 heteroatoms. The van der Waals surface area contributed by atoms with Crippen LogP contribution >= 0.6 is 27.7 Å². The maximum absolute atomic E-state index is 13.6. The van der Waals surface area contributed by atoms with Crippen molar-refractivity contribution in [2.75, 3.05) is 5.32 Å². The van der Waals surface area contributed by atoms with Crippen molar-refractivity contribution >= 4 is 45.4 Å². The number of benzene rings is 2. The normalized spacial score (nSPS) is 19.3. The molecule has 0 aromatic heterocycles. The fourth-order valence-corrected chi connectivity index (χ4v) is 3.43. The summed E-state index contributed by atoms with van der Waals surface area (Å²) in [6, 6.07) is 14.1.